The summed E-state index contributed by atoms with van der Waals surface area (Å²) in [6.45, 7) is 1.02. The molecule has 0 saturated carbocycles. The summed E-state index contributed by atoms with van der Waals surface area (Å²) in [6.07, 6.45) is 3.82. The van der Waals surface area contributed by atoms with Crippen molar-refractivity contribution in [3.05, 3.63) is 102 Å². The van der Waals surface area contributed by atoms with Crippen molar-refractivity contribution in [2.75, 3.05) is 0 Å². The van der Waals surface area contributed by atoms with Crippen LogP contribution in [-0.4, -0.2) is 25.1 Å². The number of nitrogens with zero attached hydrogens (tertiary/aromatic N) is 4. The number of fused-ring (bicyclic) bond motifs is 2. The van der Waals surface area contributed by atoms with Crippen molar-refractivity contribution < 1.29 is 4.79 Å². The zero-order valence-electron chi connectivity index (χ0n) is 15.7. The van der Waals surface area contributed by atoms with Crippen molar-refractivity contribution in [2.45, 2.75) is 13.1 Å². The number of aromatic nitrogens is 4. The molecule has 0 fully saturated rings. The molecule has 0 atom stereocenters. The highest BCUT2D eigenvalue weighted by molar-refractivity contribution is 6.07. The number of rotatable bonds is 5. The van der Waals surface area contributed by atoms with Crippen molar-refractivity contribution in [1.82, 2.24) is 24.5 Å². The Bertz CT molecular complexity index is 1300. The molecule has 0 saturated heterocycles. The Kier molecular flexibility index (Phi) is 4.29. The summed E-state index contributed by atoms with van der Waals surface area (Å²) >= 11 is 0. The van der Waals surface area contributed by atoms with E-state index in [4.69, 9.17) is 0 Å². The van der Waals surface area contributed by atoms with E-state index in [0.29, 0.717) is 24.5 Å². The second-order valence-corrected chi connectivity index (χ2v) is 6.90. The highest BCUT2D eigenvalue weighted by Gasteiger charge is 2.16. The van der Waals surface area contributed by atoms with Gasteiger partial charge in [0.25, 0.3) is 5.91 Å². The van der Waals surface area contributed by atoms with Gasteiger partial charge >= 0.3 is 0 Å². The summed E-state index contributed by atoms with van der Waals surface area (Å²) in [5, 5.41) is 12.2. The molecule has 29 heavy (non-hydrogen) atoms. The van der Waals surface area contributed by atoms with E-state index in [1.165, 1.54) is 5.56 Å². The van der Waals surface area contributed by atoms with E-state index in [0.717, 1.165) is 16.6 Å². The maximum atomic E-state index is 13.0. The van der Waals surface area contributed by atoms with Gasteiger partial charge in [-0.2, -0.15) is 0 Å². The molecule has 6 nitrogen and oxygen atoms in total. The first-order chi connectivity index (χ1) is 14.3. The standard InChI is InChI=1S/C23H19N5O/c29-23(24-14-22-26-25-21-12-6-7-13-28(21)22)19-16-27(15-17-8-2-1-3-9-17)20-11-5-4-10-18(19)20/h1-13,16H,14-15H2,(H,24,29). The molecule has 3 heterocycles. The molecule has 1 amide bonds. The van der Waals surface area contributed by atoms with E-state index >= 15 is 0 Å². The van der Waals surface area contributed by atoms with E-state index in [9.17, 15) is 4.79 Å². The van der Waals surface area contributed by atoms with E-state index in [-0.39, 0.29) is 5.91 Å². The molecular formula is C23H19N5O. The molecule has 142 valence electrons. The van der Waals surface area contributed by atoms with Crippen molar-refractivity contribution in [2.24, 2.45) is 0 Å². The predicted octanol–water partition coefficient (Wildman–Crippen LogP) is 3.66. The first kappa shape index (κ1) is 17.2. The number of para-hydroxylation sites is 1. The third kappa shape index (κ3) is 3.25. The zero-order chi connectivity index (χ0) is 19.6. The maximum absolute atomic E-state index is 13.0. The summed E-state index contributed by atoms with van der Waals surface area (Å²) in [4.78, 5) is 13.0. The lowest BCUT2D eigenvalue weighted by atomic mass is 10.1. The van der Waals surface area contributed by atoms with Crippen LogP contribution in [0.3, 0.4) is 0 Å². The molecular weight excluding hydrogens is 362 g/mol. The van der Waals surface area contributed by atoms with Gasteiger partial charge in [-0.3, -0.25) is 9.20 Å². The topological polar surface area (TPSA) is 64.2 Å². The third-order valence-corrected chi connectivity index (χ3v) is 5.02. The molecule has 5 aromatic rings. The van der Waals surface area contributed by atoms with Gasteiger partial charge in [0.2, 0.25) is 0 Å². The van der Waals surface area contributed by atoms with Crippen LogP contribution in [0.25, 0.3) is 16.6 Å². The zero-order valence-corrected chi connectivity index (χ0v) is 15.7. The van der Waals surface area contributed by atoms with Crippen molar-refractivity contribution in [1.29, 1.82) is 0 Å². The molecule has 6 heteroatoms. The predicted molar refractivity (Wildman–Crippen MR) is 112 cm³/mol. The van der Waals surface area contributed by atoms with E-state index in [1.54, 1.807) is 0 Å². The van der Waals surface area contributed by atoms with Crippen molar-refractivity contribution in [3.8, 4) is 0 Å². The van der Waals surface area contributed by atoms with E-state index in [1.807, 2.05) is 77.5 Å². The number of hydrogen-bond acceptors (Lipinski definition) is 3. The fraction of sp³-hybridized carbons (Fsp3) is 0.0870. The fourth-order valence-corrected chi connectivity index (χ4v) is 3.60. The normalized spacial score (nSPS) is 11.2. The van der Waals surface area contributed by atoms with Crippen LogP contribution < -0.4 is 5.32 Å². The molecule has 0 aliphatic carbocycles. The van der Waals surface area contributed by atoms with Gasteiger partial charge in [0, 0.05) is 29.8 Å². The van der Waals surface area contributed by atoms with Gasteiger partial charge in [0.1, 0.15) is 0 Å². The highest BCUT2D eigenvalue weighted by atomic mass is 16.1. The SMILES string of the molecule is O=C(NCc1nnc2ccccn12)c1cn(Cc2ccccc2)c2ccccc12. The lowest BCUT2D eigenvalue weighted by Gasteiger charge is -2.05. The molecule has 2 aromatic carbocycles. The number of benzene rings is 2. The lowest BCUT2D eigenvalue weighted by molar-refractivity contribution is 0.0951. The molecule has 0 spiro atoms. The Labute approximate surface area is 167 Å². The van der Waals surface area contributed by atoms with Crippen LogP contribution in [0.15, 0.2) is 85.2 Å². The van der Waals surface area contributed by atoms with Crippen LogP contribution in [0.2, 0.25) is 0 Å². The number of pyridine rings is 1. The maximum Gasteiger partial charge on any atom is 0.253 e. The van der Waals surface area contributed by atoms with Crippen LogP contribution in [-0.2, 0) is 13.1 Å². The van der Waals surface area contributed by atoms with Gasteiger partial charge in [0.05, 0.1) is 12.1 Å². The molecule has 3 aromatic heterocycles. The monoisotopic (exact) mass is 381 g/mol. The summed E-state index contributed by atoms with van der Waals surface area (Å²) in [5.41, 5.74) is 3.64. The number of amides is 1. The van der Waals surface area contributed by atoms with E-state index in [2.05, 4.69) is 32.2 Å². The van der Waals surface area contributed by atoms with Gasteiger partial charge in [-0.25, -0.2) is 0 Å². The highest BCUT2D eigenvalue weighted by Crippen LogP contribution is 2.22. The minimum atomic E-state index is -0.124. The number of hydrogen-bond donors (Lipinski definition) is 1. The molecule has 0 unspecified atom stereocenters. The summed E-state index contributed by atoms with van der Waals surface area (Å²) in [7, 11) is 0. The molecule has 0 aliphatic rings. The molecule has 1 N–H and O–H groups in total. The summed E-state index contributed by atoms with van der Waals surface area (Å²) < 4.78 is 3.99. The largest absolute Gasteiger partial charge is 0.345 e. The van der Waals surface area contributed by atoms with Gasteiger partial charge in [-0.1, -0.05) is 54.6 Å². The first-order valence-corrected chi connectivity index (χ1v) is 9.48. The van der Waals surface area contributed by atoms with E-state index < -0.39 is 0 Å². The number of carbonyl (C=O) groups excluding carboxylic acids is 1. The minimum absolute atomic E-state index is 0.124. The second-order valence-electron chi connectivity index (χ2n) is 6.90. The molecule has 0 radical (unpaired) electrons. The van der Waals surface area contributed by atoms with Gasteiger partial charge in [-0.05, 0) is 23.8 Å². The second kappa shape index (κ2) is 7.24. The average Bonchev–Trinajstić information content (AvgIpc) is 3.35. The molecule has 0 aliphatic heterocycles. The summed E-state index contributed by atoms with van der Waals surface area (Å²) in [6, 6.07) is 23.9. The van der Waals surface area contributed by atoms with Crippen LogP contribution in [0.5, 0.6) is 0 Å². The molecule has 0 bridgehead atoms. The number of carbonyl (C=O) groups is 1. The average molecular weight is 381 g/mol. The quantitative estimate of drug-likeness (QED) is 0.505. The number of nitrogens with one attached hydrogen (secondary N) is 1. The van der Waals surface area contributed by atoms with Crippen molar-refractivity contribution >= 4 is 22.5 Å². The van der Waals surface area contributed by atoms with Crippen molar-refractivity contribution in [3.63, 3.8) is 0 Å². The van der Waals surface area contributed by atoms with Crippen LogP contribution in [0.1, 0.15) is 21.7 Å². The summed E-state index contributed by atoms with van der Waals surface area (Å²) in [5.74, 6) is 0.572. The van der Waals surface area contributed by atoms with Crippen LogP contribution in [0, 0.1) is 0 Å². The smallest absolute Gasteiger partial charge is 0.253 e. The fourth-order valence-electron chi connectivity index (χ4n) is 3.60. The van der Waals surface area contributed by atoms with Gasteiger partial charge in [0.15, 0.2) is 11.5 Å². The lowest BCUT2D eigenvalue weighted by Crippen LogP contribution is -2.23. The first-order valence-electron chi connectivity index (χ1n) is 9.48. The Morgan fingerprint density at radius 1 is 0.897 bits per heavy atom. The van der Waals surface area contributed by atoms with Gasteiger partial charge < -0.3 is 9.88 Å². The molecule has 5 rings (SSSR count). The third-order valence-electron chi connectivity index (χ3n) is 5.02. The Balaban J connectivity index is 1.42. The van der Waals surface area contributed by atoms with Gasteiger partial charge in [-0.15, -0.1) is 10.2 Å². The minimum Gasteiger partial charge on any atom is -0.345 e. The Morgan fingerprint density at radius 3 is 2.59 bits per heavy atom. The Hall–Kier alpha value is -3.93. The Morgan fingerprint density at radius 2 is 1.69 bits per heavy atom. The van der Waals surface area contributed by atoms with Crippen LogP contribution in [0.4, 0.5) is 0 Å². The van der Waals surface area contributed by atoms with Crippen LogP contribution >= 0.6 is 0 Å².